The van der Waals surface area contributed by atoms with E-state index in [9.17, 15) is 0 Å². The second-order valence-corrected chi connectivity index (χ2v) is 3.29. The van der Waals surface area contributed by atoms with Gasteiger partial charge in [0.1, 0.15) is 5.75 Å². The third kappa shape index (κ3) is 3.90. The molecule has 0 atom stereocenters. The highest BCUT2D eigenvalue weighted by atomic mass is 16.7. The van der Waals surface area contributed by atoms with Crippen LogP contribution in [0.25, 0.3) is 0 Å². The number of ether oxygens (including phenoxy) is 3. The summed E-state index contributed by atoms with van der Waals surface area (Å²) in [6.45, 7) is 0. The highest BCUT2D eigenvalue weighted by Crippen LogP contribution is 2.13. The zero-order valence-electron chi connectivity index (χ0n) is 9.53. The van der Waals surface area contributed by atoms with E-state index in [1.807, 2.05) is 12.1 Å². The van der Waals surface area contributed by atoms with Crippen molar-refractivity contribution in [3.8, 4) is 5.75 Å². The van der Waals surface area contributed by atoms with Gasteiger partial charge in [-0.3, -0.25) is 0 Å². The Morgan fingerprint density at radius 1 is 1.00 bits per heavy atom. The fraction of sp³-hybridized carbons (Fsp3) is 0.500. The van der Waals surface area contributed by atoms with E-state index in [0.29, 0.717) is 0 Å². The average Bonchev–Trinajstić information content (AvgIpc) is 2.31. The molecule has 0 fully saturated rings. The Labute approximate surface area is 91.0 Å². The number of methoxy groups -OCH3 is 3. The summed E-state index contributed by atoms with van der Waals surface area (Å²) in [4.78, 5) is 0. The van der Waals surface area contributed by atoms with Gasteiger partial charge >= 0.3 is 0 Å². The third-order valence-corrected chi connectivity index (χ3v) is 2.35. The molecule has 0 N–H and O–H groups in total. The minimum absolute atomic E-state index is 0.118. The molecule has 0 amide bonds. The lowest BCUT2D eigenvalue weighted by molar-refractivity contribution is -0.105. The summed E-state index contributed by atoms with van der Waals surface area (Å²) in [6.07, 6.45) is 1.68. The van der Waals surface area contributed by atoms with Gasteiger partial charge in [-0.2, -0.15) is 0 Å². The monoisotopic (exact) mass is 210 g/mol. The Hall–Kier alpha value is -1.06. The highest BCUT2D eigenvalue weighted by Gasteiger charge is 2.04. The highest BCUT2D eigenvalue weighted by molar-refractivity contribution is 5.27. The van der Waals surface area contributed by atoms with Crippen molar-refractivity contribution >= 4 is 0 Å². The number of benzene rings is 1. The number of hydrogen-bond acceptors (Lipinski definition) is 3. The molecule has 0 heterocycles. The summed E-state index contributed by atoms with van der Waals surface area (Å²) in [5, 5.41) is 0. The van der Waals surface area contributed by atoms with E-state index in [1.165, 1.54) is 5.56 Å². The molecule has 0 saturated carbocycles. The van der Waals surface area contributed by atoms with Gasteiger partial charge in [-0.15, -0.1) is 0 Å². The SMILES string of the molecule is COc1ccc(CCC(OC)OC)cc1. The maximum atomic E-state index is 5.12. The van der Waals surface area contributed by atoms with Crippen LogP contribution in [0.1, 0.15) is 12.0 Å². The first kappa shape index (κ1) is 12.0. The Morgan fingerprint density at radius 3 is 2.07 bits per heavy atom. The van der Waals surface area contributed by atoms with E-state index in [2.05, 4.69) is 12.1 Å². The van der Waals surface area contributed by atoms with Crippen LogP contribution in [-0.2, 0) is 15.9 Å². The second-order valence-electron chi connectivity index (χ2n) is 3.29. The minimum atomic E-state index is -0.118. The van der Waals surface area contributed by atoms with Gasteiger partial charge in [0.25, 0.3) is 0 Å². The Kier molecular flexibility index (Phi) is 5.15. The van der Waals surface area contributed by atoms with Crippen LogP contribution in [0.4, 0.5) is 0 Å². The van der Waals surface area contributed by atoms with Crippen molar-refractivity contribution < 1.29 is 14.2 Å². The van der Waals surface area contributed by atoms with Crippen LogP contribution in [0.2, 0.25) is 0 Å². The first-order valence-electron chi connectivity index (χ1n) is 4.98. The lowest BCUT2D eigenvalue weighted by Gasteiger charge is -2.12. The van der Waals surface area contributed by atoms with E-state index >= 15 is 0 Å². The second kappa shape index (κ2) is 6.43. The van der Waals surface area contributed by atoms with Crippen LogP contribution in [0, 0.1) is 0 Å². The molecule has 0 aliphatic heterocycles. The van der Waals surface area contributed by atoms with Crippen molar-refractivity contribution in [1.29, 1.82) is 0 Å². The molecule has 0 unspecified atom stereocenters. The number of rotatable bonds is 6. The van der Waals surface area contributed by atoms with E-state index in [-0.39, 0.29) is 6.29 Å². The lowest BCUT2D eigenvalue weighted by Crippen LogP contribution is -2.13. The smallest absolute Gasteiger partial charge is 0.157 e. The van der Waals surface area contributed by atoms with Crippen molar-refractivity contribution in [3.05, 3.63) is 29.8 Å². The van der Waals surface area contributed by atoms with Crippen molar-refractivity contribution in [3.63, 3.8) is 0 Å². The third-order valence-electron chi connectivity index (χ3n) is 2.35. The molecule has 3 nitrogen and oxygen atoms in total. The van der Waals surface area contributed by atoms with E-state index in [1.54, 1.807) is 21.3 Å². The molecule has 1 aromatic carbocycles. The van der Waals surface area contributed by atoms with E-state index in [0.717, 1.165) is 18.6 Å². The molecule has 0 bridgehead atoms. The zero-order chi connectivity index (χ0) is 11.1. The van der Waals surface area contributed by atoms with Gasteiger partial charge in [-0.1, -0.05) is 12.1 Å². The lowest BCUT2D eigenvalue weighted by atomic mass is 10.1. The summed E-state index contributed by atoms with van der Waals surface area (Å²) < 4.78 is 15.3. The molecule has 0 aliphatic rings. The molecular weight excluding hydrogens is 192 g/mol. The zero-order valence-corrected chi connectivity index (χ0v) is 9.53. The molecule has 84 valence electrons. The van der Waals surface area contributed by atoms with Crippen LogP contribution >= 0.6 is 0 Å². The summed E-state index contributed by atoms with van der Waals surface area (Å²) in [7, 11) is 4.98. The van der Waals surface area contributed by atoms with Crippen LogP contribution in [0.5, 0.6) is 5.75 Å². The summed E-state index contributed by atoms with van der Waals surface area (Å²) in [6, 6.07) is 8.04. The van der Waals surface area contributed by atoms with Crippen molar-refractivity contribution in [1.82, 2.24) is 0 Å². The van der Waals surface area contributed by atoms with E-state index < -0.39 is 0 Å². The quantitative estimate of drug-likeness (QED) is 0.674. The molecule has 0 aliphatic carbocycles. The molecule has 0 spiro atoms. The minimum Gasteiger partial charge on any atom is -0.497 e. The first-order chi connectivity index (χ1) is 7.30. The Bertz CT molecular complexity index is 265. The molecule has 3 heteroatoms. The van der Waals surface area contributed by atoms with Gasteiger partial charge < -0.3 is 14.2 Å². The van der Waals surface area contributed by atoms with Crippen molar-refractivity contribution in [2.45, 2.75) is 19.1 Å². The Balaban J connectivity index is 2.43. The van der Waals surface area contributed by atoms with Crippen LogP contribution in [-0.4, -0.2) is 27.6 Å². The van der Waals surface area contributed by atoms with Gasteiger partial charge in [-0.05, 0) is 24.1 Å². The number of aryl methyl sites for hydroxylation is 1. The molecule has 0 aromatic heterocycles. The molecule has 1 rings (SSSR count). The molecule has 1 aromatic rings. The topological polar surface area (TPSA) is 27.7 Å². The summed E-state index contributed by atoms with van der Waals surface area (Å²) >= 11 is 0. The molecule has 15 heavy (non-hydrogen) atoms. The largest absolute Gasteiger partial charge is 0.497 e. The van der Waals surface area contributed by atoms with Crippen LogP contribution < -0.4 is 4.74 Å². The predicted octanol–water partition coefficient (Wildman–Crippen LogP) is 2.25. The molecular formula is C12H18O3. The van der Waals surface area contributed by atoms with Crippen LogP contribution in [0.15, 0.2) is 24.3 Å². The van der Waals surface area contributed by atoms with Crippen molar-refractivity contribution in [2.24, 2.45) is 0 Å². The van der Waals surface area contributed by atoms with Gasteiger partial charge in [0.05, 0.1) is 7.11 Å². The summed E-state index contributed by atoms with van der Waals surface area (Å²) in [5.41, 5.74) is 1.26. The average molecular weight is 210 g/mol. The van der Waals surface area contributed by atoms with E-state index in [4.69, 9.17) is 14.2 Å². The van der Waals surface area contributed by atoms with Gasteiger partial charge in [0.2, 0.25) is 0 Å². The fourth-order valence-corrected chi connectivity index (χ4v) is 1.41. The summed E-state index contributed by atoms with van der Waals surface area (Å²) in [5.74, 6) is 0.883. The molecule has 0 radical (unpaired) electrons. The van der Waals surface area contributed by atoms with Crippen molar-refractivity contribution in [2.75, 3.05) is 21.3 Å². The van der Waals surface area contributed by atoms with Gasteiger partial charge in [-0.25, -0.2) is 0 Å². The normalized spacial score (nSPS) is 10.7. The first-order valence-corrected chi connectivity index (χ1v) is 4.98. The molecule has 0 saturated heterocycles. The van der Waals surface area contributed by atoms with Crippen LogP contribution in [0.3, 0.4) is 0 Å². The van der Waals surface area contributed by atoms with Gasteiger partial charge in [0.15, 0.2) is 6.29 Å². The Morgan fingerprint density at radius 2 is 1.60 bits per heavy atom. The maximum Gasteiger partial charge on any atom is 0.157 e. The number of hydrogen-bond donors (Lipinski definition) is 0. The fourth-order valence-electron chi connectivity index (χ4n) is 1.41. The standard InChI is InChI=1S/C12H18O3/c1-13-11-7-4-10(5-8-11)6-9-12(14-2)15-3/h4-5,7-8,12H,6,9H2,1-3H3. The maximum absolute atomic E-state index is 5.12. The predicted molar refractivity (Wildman–Crippen MR) is 59.1 cm³/mol. The van der Waals surface area contributed by atoms with Gasteiger partial charge in [0, 0.05) is 20.6 Å².